The van der Waals surface area contributed by atoms with Gasteiger partial charge in [0.25, 0.3) is 12.3 Å². The molecule has 76 valence electrons. The number of rotatable bonds is 2. The number of amides is 1. The Morgan fingerprint density at radius 3 is 2.64 bits per heavy atom. The van der Waals surface area contributed by atoms with E-state index in [2.05, 4.69) is 20.9 Å². The highest BCUT2D eigenvalue weighted by Gasteiger charge is 2.22. The smallest absolute Gasteiger partial charge is 0.265 e. The number of primary amides is 1. The van der Waals surface area contributed by atoms with Crippen LogP contribution in [0.5, 0.6) is 0 Å². The van der Waals surface area contributed by atoms with Gasteiger partial charge in [-0.2, -0.15) is 0 Å². The van der Waals surface area contributed by atoms with E-state index in [1.807, 2.05) is 0 Å². The molecule has 2 N–H and O–H groups in total. The summed E-state index contributed by atoms with van der Waals surface area (Å²) in [4.78, 5) is 14.5. The van der Waals surface area contributed by atoms with E-state index >= 15 is 0 Å². The standard InChI is InChI=1S/C7H4BrF2IN2O/c8-5-4(11)3(6(9)10)2(1-13-5)7(12)14/h1,6H,(H2,12,14). The number of aromatic nitrogens is 1. The van der Waals surface area contributed by atoms with Crippen molar-refractivity contribution in [3.05, 3.63) is 25.5 Å². The van der Waals surface area contributed by atoms with Crippen LogP contribution in [0.15, 0.2) is 10.8 Å². The molecule has 0 saturated carbocycles. The van der Waals surface area contributed by atoms with E-state index < -0.39 is 12.3 Å². The van der Waals surface area contributed by atoms with Crippen molar-refractivity contribution in [2.75, 3.05) is 0 Å². The molecule has 1 heterocycles. The van der Waals surface area contributed by atoms with Gasteiger partial charge in [-0.05, 0) is 38.5 Å². The Morgan fingerprint density at radius 2 is 2.21 bits per heavy atom. The molecule has 7 heteroatoms. The van der Waals surface area contributed by atoms with Crippen molar-refractivity contribution >= 4 is 44.4 Å². The average molecular weight is 377 g/mol. The Morgan fingerprint density at radius 1 is 1.64 bits per heavy atom. The second-order valence-corrected chi connectivity index (χ2v) is 4.19. The summed E-state index contributed by atoms with van der Waals surface area (Å²) in [6, 6.07) is 0. The van der Waals surface area contributed by atoms with E-state index in [4.69, 9.17) is 5.73 Å². The van der Waals surface area contributed by atoms with Gasteiger partial charge in [0.05, 0.1) is 9.13 Å². The van der Waals surface area contributed by atoms with Crippen LogP contribution in [0, 0.1) is 3.57 Å². The van der Waals surface area contributed by atoms with Gasteiger partial charge in [-0.25, -0.2) is 13.8 Å². The van der Waals surface area contributed by atoms with Crippen LogP contribution < -0.4 is 5.73 Å². The predicted octanol–water partition coefficient (Wildman–Crippen LogP) is 2.49. The zero-order valence-electron chi connectivity index (χ0n) is 6.60. The monoisotopic (exact) mass is 376 g/mol. The second-order valence-electron chi connectivity index (χ2n) is 2.36. The topological polar surface area (TPSA) is 56.0 Å². The molecule has 0 aliphatic rings. The first-order valence-corrected chi connectivity index (χ1v) is 5.24. The van der Waals surface area contributed by atoms with Gasteiger partial charge in [0.15, 0.2) is 0 Å². The van der Waals surface area contributed by atoms with Crippen molar-refractivity contribution in [1.29, 1.82) is 0 Å². The van der Waals surface area contributed by atoms with Crippen LogP contribution >= 0.6 is 38.5 Å². The summed E-state index contributed by atoms with van der Waals surface area (Å²) in [5, 5.41) is 0. The first-order valence-electron chi connectivity index (χ1n) is 3.37. The Balaban J connectivity index is 3.45. The molecule has 0 aliphatic carbocycles. The molecule has 0 unspecified atom stereocenters. The van der Waals surface area contributed by atoms with Crippen LogP contribution in [0.3, 0.4) is 0 Å². The van der Waals surface area contributed by atoms with E-state index in [0.717, 1.165) is 6.20 Å². The van der Waals surface area contributed by atoms with Crippen molar-refractivity contribution in [2.24, 2.45) is 5.73 Å². The van der Waals surface area contributed by atoms with E-state index in [1.165, 1.54) is 0 Å². The molecule has 0 bridgehead atoms. The summed E-state index contributed by atoms with van der Waals surface area (Å²) in [5.74, 6) is -0.904. The van der Waals surface area contributed by atoms with Crippen LogP contribution in [0.25, 0.3) is 0 Å². The Bertz CT molecular complexity index is 386. The van der Waals surface area contributed by atoms with Gasteiger partial charge >= 0.3 is 0 Å². The van der Waals surface area contributed by atoms with E-state index in [1.54, 1.807) is 22.6 Å². The second kappa shape index (κ2) is 4.47. The van der Waals surface area contributed by atoms with E-state index in [0.29, 0.717) is 0 Å². The highest BCUT2D eigenvalue weighted by atomic mass is 127. The lowest BCUT2D eigenvalue weighted by atomic mass is 10.1. The first-order chi connectivity index (χ1) is 6.45. The normalized spacial score (nSPS) is 10.6. The number of hydrogen-bond acceptors (Lipinski definition) is 2. The number of halogens is 4. The fourth-order valence-electron chi connectivity index (χ4n) is 0.886. The molecule has 0 atom stereocenters. The van der Waals surface area contributed by atoms with Crippen LogP contribution in [-0.4, -0.2) is 10.9 Å². The van der Waals surface area contributed by atoms with Crippen LogP contribution in [0.4, 0.5) is 8.78 Å². The maximum absolute atomic E-state index is 12.6. The summed E-state index contributed by atoms with van der Waals surface area (Å²) < 4.78 is 25.6. The molecule has 1 aromatic heterocycles. The van der Waals surface area contributed by atoms with Crippen molar-refractivity contribution in [2.45, 2.75) is 6.43 Å². The maximum Gasteiger partial charge on any atom is 0.265 e. The van der Waals surface area contributed by atoms with Crippen molar-refractivity contribution in [1.82, 2.24) is 4.98 Å². The molecule has 0 fully saturated rings. The number of nitrogens with zero attached hydrogens (tertiary/aromatic N) is 1. The molecule has 0 aliphatic heterocycles. The summed E-state index contributed by atoms with van der Waals surface area (Å²) in [6.07, 6.45) is -1.71. The number of carbonyl (C=O) groups excluding carboxylic acids is 1. The SMILES string of the molecule is NC(=O)c1cnc(Br)c(I)c1C(F)F. The molecule has 0 spiro atoms. The third kappa shape index (κ3) is 2.19. The maximum atomic E-state index is 12.6. The summed E-state index contributed by atoms with van der Waals surface area (Å²) >= 11 is 4.68. The molecule has 1 amide bonds. The summed E-state index contributed by atoms with van der Waals surface area (Å²) in [7, 11) is 0. The average Bonchev–Trinajstić information content (AvgIpc) is 2.08. The number of carbonyl (C=O) groups is 1. The molecule has 1 aromatic rings. The molecule has 14 heavy (non-hydrogen) atoms. The quantitative estimate of drug-likeness (QED) is 0.636. The predicted molar refractivity (Wildman–Crippen MR) is 58.1 cm³/mol. The number of pyridine rings is 1. The summed E-state index contributed by atoms with van der Waals surface area (Å²) in [6.45, 7) is 0. The van der Waals surface area contributed by atoms with Crippen LogP contribution in [0.1, 0.15) is 22.3 Å². The van der Waals surface area contributed by atoms with Crippen LogP contribution in [-0.2, 0) is 0 Å². The third-order valence-electron chi connectivity index (χ3n) is 1.50. The lowest BCUT2D eigenvalue weighted by molar-refractivity contribution is 0.0985. The van der Waals surface area contributed by atoms with Gasteiger partial charge in [-0.1, -0.05) is 0 Å². The van der Waals surface area contributed by atoms with Crippen molar-refractivity contribution in [3.8, 4) is 0 Å². The zero-order valence-corrected chi connectivity index (χ0v) is 10.3. The van der Waals surface area contributed by atoms with Gasteiger partial charge in [-0.3, -0.25) is 4.79 Å². The van der Waals surface area contributed by atoms with Gasteiger partial charge in [0, 0.05) is 11.8 Å². The minimum atomic E-state index is -2.75. The Kier molecular flexibility index (Phi) is 3.76. The first kappa shape index (κ1) is 11.8. The zero-order chi connectivity index (χ0) is 10.9. The van der Waals surface area contributed by atoms with E-state index in [-0.39, 0.29) is 19.3 Å². The lowest BCUT2D eigenvalue weighted by Gasteiger charge is -2.08. The molecule has 3 nitrogen and oxygen atoms in total. The molecule has 0 saturated heterocycles. The third-order valence-corrected chi connectivity index (χ3v) is 3.93. The highest BCUT2D eigenvalue weighted by molar-refractivity contribution is 14.1. The van der Waals surface area contributed by atoms with Crippen LogP contribution in [0.2, 0.25) is 0 Å². The molecule has 1 rings (SSSR count). The fourth-order valence-corrected chi connectivity index (χ4v) is 1.87. The molecule has 0 aromatic carbocycles. The fraction of sp³-hybridized carbons (Fsp3) is 0.143. The van der Waals surface area contributed by atoms with Crippen molar-refractivity contribution < 1.29 is 13.6 Å². The molecule has 0 radical (unpaired) electrons. The largest absolute Gasteiger partial charge is 0.366 e. The minimum Gasteiger partial charge on any atom is -0.366 e. The minimum absolute atomic E-state index is 0.203. The number of nitrogens with two attached hydrogens (primary N) is 1. The van der Waals surface area contributed by atoms with E-state index in [9.17, 15) is 13.6 Å². The summed E-state index contributed by atoms with van der Waals surface area (Å²) in [5.41, 5.74) is 4.32. The number of hydrogen-bond donors (Lipinski definition) is 1. The lowest BCUT2D eigenvalue weighted by Crippen LogP contribution is -2.15. The van der Waals surface area contributed by atoms with Gasteiger partial charge in [0.2, 0.25) is 0 Å². The van der Waals surface area contributed by atoms with Gasteiger partial charge < -0.3 is 5.73 Å². The molecular weight excluding hydrogens is 373 g/mol. The Hall–Kier alpha value is -0.310. The van der Waals surface area contributed by atoms with Crippen molar-refractivity contribution in [3.63, 3.8) is 0 Å². The van der Waals surface area contributed by atoms with Gasteiger partial charge in [0.1, 0.15) is 4.60 Å². The Labute approximate surface area is 100 Å². The number of alkyl halides is 2. The highest BCUT2D eigenvalue weighted by Crippen LogP contribution is 2.31. The van der Waals surface area contributed by atoms with Gasteiger partial charge in [-0.15, -0.1) is 0 Å². The molecular formula is C7H4BrF2IN2O.